The van der Waals surface area contributed by atoms with Crippen molar-refractivity contribution in [2.24, 2.45) is 0 Å². The van der Waals surface area contributed by atoms with E-state index in [-0.39, 0.29) is 5.75 Å². The van der Waals surface area contributed by atoms with Crippen LogP contribution in [0.15, 0.2) is 65.6 Å². The molecule has 1 aromatic heterocycles. The predicted octanol–water partition coefficient (Wildman–Crippen LogP) is 1.62. The molecule has 2 aromatic carbocycles. The van der Waals surface area contributed by atoms with Crippen LogP contribution in [0.25, 0.3) is 12.7 Å². The zero-order valence-corrected chi connectivity index (χ0v) is 13.3. The van der Waals surface area contributed by atoms with Crippen molar-refractivity contribution in [2.75, 3.05) is 0 Å². The molecule has 0 radical (unpaired) electrons. The molecule has 0 aliphatic heterocycles. The molecule has 0 aliphatic rings. The summed E-state index contributed by atoms with van der Waals surface area (Å²) in [4.78, 5) is 0.291. The van der Waals surface area contributed by atoms with Gasteiger partial charge < -0.3 is 0 Å². The summed E-state index contributed by atoms with van der Waals surface area (Å²) < 4.78 is 25.1. The zero-order valence-electron chi connectivity index (χ0n) is 12.4. The summed E-state index contributed by atoms with van der Waals surface area (Å²) in [6.45, 7) is 3.90. The maximum absolute atomic E-state index is 12.5. The van der Waals surface area contributed by atoms with E-state index in [4.69, 9.17) is 0 Å². The first-order valence-electron chi connectivity index (χ1n) is 7.13. The average molecular weight is 324 g/mol. The van der Waals surface area contributed by atoms with Crippen LogP contribution in [0.5, 0.6) is 0 Å². The Morgan fingerprint density at radius 3 is 2.26 bits per heavy atom. The highest BCUT2D eigenvalue weighted by molar-refractivity contribution is 7.90. The van der Waals surface area contributed by atoms with Crippen LogP contribution >= 0.6 is 0 Å². The van der Waals surface area contributed by atoms with Gasteiger partial charge in [0, 0.05) is 5.22 Å². The van der Waals surface area contributed by atoms with Gasteiger partial charge in [-0.15, -0.1) is 0 Å². The summed E-state index contributed by atoms with van der Waals surface area (Å²) in [6.07, 6.45) is 1.89. The largest absolute Gasteiger partial charge is 0.278 e. The van der Waals surface area contributed by atoms with E-state index in [9.17, 15) is 8.42 Å². The van der Waals surface area contributed by atoms with Crippen LogP contribution in [-0.2, 0) is 15.6 Å². The number of nitrogens with zero attached hydrogens (tertiary/aromatic N) is 1. The summed E-state index contributed by atoms with van der Waals surface area (Å²) in [5.41, 5.74) is 1.44. The predicted molar refractivity (Wildman–Crippen MR) is 90.7 cm³/mol. The molecule has 0 aliphatic carbocycles. The highest BCUT2D eigenvalue weighted by atomic mass is 32.2. The Bertz CT molecular complexity index is 1010. The molecule has 116 valence electrons. The fraction of sp³-hybridized carbons (Fsp3) is 0.0556. The van der Waals surface area contributed by atoms with Crippen molar-refractivity contribution in [2.45, 2.75) is 10.6 Å². The minimum atomic E-state index is -3.45. The Labute approximate surface area is 134 Å². The fourth-order valence-electron chi connectivity index (χ4n) is 2.32. The lowest BCUT2D eigenvalue weighted by Gasteiger charge is -2.02. The highest BCUT2D eigenvalue weighted by Crippen LogP contribution is 2.13. The van der Waals surface area contributed by atoms with Gasteiger partial charge in [0.15, 0.2) is 9.84 Å². The van der Waals surface area contributed by atoms with E-state index in [1.54, 1.807) is 30.3 Å². The minimum absolute atomic E-state index is 0.165. The van der Waals surface area contributed by atoms with E-state index < -0.39 is 9.84 Å². The van der Waals surface area contributed by atoms with Crippen molar-refractivity contribution >= 4 is 22.5 Å². The molecule has 3 aromatic rings. The molecular formula is C18H16N2O2S. The van der Waals surface area contributed by atoms with Gasteiger partial charge in [-0.3, -0.25) is 5.10 Å². The van der Waals surface area contributed by atoms with Crippen LogP contribution in [0.1, 0.15) is 11.3 Å². The van der Waals surface area contributed by atoms with Crippen LogP contribution in [-0.4, -0.2) is 18.6 Å². The number of sulfone groups is 1. The monoisotopic (exact) mass is 324 g/mol. The molecule has 0 atom stereocenters. The van der Waals surface area contributed by atoms with Crippen LogP contribution in [0.3, 0.4) is 0 Å². The van der Waals surface area contributed by atoms with Crippen LogP contribution in [0.4, 0.5) is 0 Å². The number of benzene rings is 2. The second kappa shape index (κ2) is 6.22. The second-order valence-electron chi connectivity index (χ2n) is 5.19. The lowest BCUT2D eigenvalue weighted by molar-refractivity contribution is 0.594. The molecular weight excluding hydrogens is 308 g/mol. The smallest absolute Gasteiger partial charge is 0.184 e. The third-order valence-electron chi connectivity index (χ3n) is 3.50. The first-order valence-corrected chi connectivity index (χ1v) is 8.78. The number of nitrogens with one attached hydrogen (secondary N) is 1. The third-order valence-corrected chi connectivity index (χ3v) is 5.15. The standard InChI is InChI=1S/C18H16N2O2S/c1-14-17(12-15-8-4-2-5-9-15)18(20-19-14)13-23(21,22)16-10-6-3-7-11-16/h2-12,19H,1,13H2/b17-12-. The molecule has 5 heteroatoms. The summed E-state index contributed by atoms with van der Waals surface area (Å²) in [7, 11) is -3.45. The fourth-order valence-corrected chi connectivity index (χ4v) is 3.64. The van der Waals surface area contributed by atoms with E-state index >= 15 is 0 Å². The van der Waals surface area contributed by atoms with Gasteiger partial charge in [-0.1, -0.05) is 55.1 Å². The van der Waals surface area contributed by atoms with Crippen molar-refractivity contribution in [1.82, 2.24) is 10.2 Å². The minimum Gasteiger partial charge on any atom is -0.278 e. The Kier molecular flexibility index (Phi) is 4.12. The van der Waals surface area contributed by atoms with Crippen molar-refractivity contribution in [1.29, 1.82) is 0 Å². The van der Waals surface area contributed by atoms with Crippen molar-refractivity contribution < 1.29 is 8.42 Å². The molecule has 0 spiro atoms. The number of hydrogen-bond donors (Lipinski definition) is 1. The van der Waals surface area contributed by atoms with Crippen LogP contribution < -0.4 is 10.6 Å². The first kappa shape index (κ1) is 15.2. The maximum Gasteiger partial charge on any atom is 0.184 e. The number of rotatable bonds is 4. The lowest BCUT2D eigenvalue weighted by atomic mass is 10.2. The van der Waals surface area contributed by atoms with E-state index in [0.29, 0.717) is 15.9 Å². The average Bonchev–Trinajstić information content (AvgIpc) is 2.89. The number of H-pyrrole nitrogens is 1. The molecule has 0 fully saturated rings. The molecule has 0 saturated carbocycles. The molecule has 0 unspecified atom stereocenters. The molecule has 1 N–H and O–H groups in total. The van der Waals surface area contributed by atoms with E-state index in [1.165, 1.54) is 0 Å². The maximum atomic E-state index is 12.5. The zero-order chi connectivity index (χ0) is 16.3. The van der Waals surface area contributed by atoms with Gasteiger partial charge in [-0.2, -0.15) is 5.10 Å². The summed E-state index contributed by atoms with van der Waals surface area (Å²) in [5, 5.41) is 8.22. The van der Waals surface area contributed by atoms with E-state index in [2.05, 4.69) is 16.8 Å². The van der Waals surface area contributed by atoms with Crippen LogP contribution in [0, 0.1) is 0 Å². The van der Waals surface area contributed by atoms with Gasteiger partial charge in [0.25, 0.3) is 0 Å². The molecule has 0 saturated heterocycles. The molecule has 1 heterocycles. The van der Waals surface area contributed by atoms with Crippen LogP contribution in [0.2, 0.25) is 0 Å². The molecule has 0 amide bonds. The molecule has 3 rings (SSSR count). The van der Waals surface area contributed by atoms with Gasteiger partial charge >= 0.3 is 0 Å². The topological polar surface area (TPSA) is 62.8 Å². The Balaban J connectivity index is 2.03. The van der Waals surface area contributed by atoms with Gasteiger partial charge in [0.1, 0.15) is 0 Å². The van der Waals surface area contributed by atoms with E-state index in [1.807, 2.05) is 36.4 Å². The first-order chi connectivity index (χ1) is 11.1. The Morgan fingerprint density at radius 2 is 1.61 bits per heavy atom. The molecule has 0 bridgehead atoms. The van der Waals surface area contributed by atoms with Gasteiger partial charge in [-0.05, 0) is 23.8 Å². The molecule has 4 nitrogen and oxygen atoms in total. The quantitative estimate of drug-likeness (QED) is 0.793. The molecule has 23 heavy (non-hydrogen) atoms. The lowest BCUT2D eigenvalue weighted by Crippen LogP contribution is -2.25. The third kappa shape index (κ3) is 3.40. The summed E-state index contributed by atoms with van der Waals surface area (Å²) in [6, 6.07) is 18.1. The van der Waals surface area contributed by atoms with Gasteiger partial charge in [0.2, 0.25) is 0 Å². The Morgan fingerprint density at radius 1 is 1.00 bits per heavy atom. The number of aromatic nitrogens is 2. The summed E-state index contributed by atoms with van der Waals surface area (Å²) in [5.74, 6) is -0.165. The highest BCUT2D eigenvalue weighted by Gasteiger charge is 2.17. The normalized spacial score (nSPS) is 12.4. The van der Waals surface area contributed by atoms with Crippen molar-refractivity contribution in [3.05, 3.63) is 82.5 Å². The van der Waals surface area contributed by atoms with Gasteiger partial charge in [-0.25, -0.2) is 8.42 Å². The SMILES string of the molecule is C=c1[nH]nc(CS(=O)(=O)c2ccccc2)/c1=C\c1ccccc1. The van der Waals surface area contributed by atoms with E-state index in [0.717, 1.165) is 10.8 Å². The number of hydrogen-bond acceptors (Lipinski definition) is 3. The van der Waals surface area contributed by atoms with Crippen molar-refractivity contribution in [3.8, 4) is 0 Å². The Hall–Kier alpha value is -2.66. The van der Waals surface area contributed by atoms with Crippen molar-refractivity contribution in [3.63, 3.8) is 0 Å². The second-order valence-corrected chi connectivity index (χ2v) is 7.18. The summed E-state index contributed by atoms with van der Waals surface area (Å²) >= 11 is 0. The van der Waals surface area contributed by atoms with Gasteiger partial charge in [0.05, 0.1) is 21.7 Å². The number of aromatic amines is 1.